The molecule has 2 aliphatic rings. The van der Waals surface area contributed by atoms with E-state index in [1.807, 2.05) is 26.0 Å². The van der Waals surface area contributed by atoms with Gasteiger partial charge in [0.1, 0.15) is 11.5 Å². The van der Waals surface area contributed by atoms with Crippen LogP contribution in [0.4, 0.5) is 5.69 Å². The molecule has 2 fully saturated rings. The number of anilines is 1. The molecule has 0 unspecified atom stereocenters. The summed E-state index contributed by atoms with van der Waals surface area (Å²) in [7, 11) is 0. The smallest absolute Gasteiger partial charge is 0.269 e. The number of amides is 1. The van der Waals surface area contributed by atoms with Crippen LogP contribution in [0.5, 0.6) is 0 Å². The third kappa shape index (κ3) is 4.15. The quantitative estimate of drug-likeness (QED) is 0.633. The van der Waals surface area contributed by atoms with Gasteiger partial charge in [-0.2, -0.15) is 5.10 Å². The molecule has 0 spiro atoms. The summed E-state index contributed by atoms with van der Waals surface area (Å²) in [6.45, 7) is 5.35. The number of rotatable bonds is 6. The van der Waals surface area contributed by atoms with Crippen molar-refractivity contribution < 1.29 is 9.32 Å². The average molecular weight is 435 g/mol. The van der Waals surface area contributed by atoms with Crippen LogP contribution in [0.2, 0.25) is 0 Å². The predicted octanol–water partition coefficient (Wildman–Crippen LogP) is 2.06. The van der Waals surface area contributed by atoms with E-state index in [9.17, 15) is 9.59 Å². The number of nitrogens with zero attached hydrogens (tertiary/aromatic N) is 5. The first-order valence-electron chi connectivity index (χ1n) is 11.0. The molecule has 1 aliphatic carbocycles. The van der Waals surface area contributed by atoms with E-state index >= 15 is 0 Å². The maximum Gasteiger partial charge on any atom is 0.269 e. The van der Waals surface area contributed by atoms with Crippen LogP contribution in [-0.4, -0.2) is 45.0 Å². The van der Waals surface area contributed by atoms with Crippen LogP contribution in [-0.2, 0) is 11.3 Å². The summed E-state index contributed by atoms with van der Waals surface area (Å²) in [5.74, 6) is 0.725. The van der Waals surface area contributed by atoms with Crippen LogP contribution < -0.4 is 15.8 Å². The van der Waals surface area contributed by atoms with E-state index in [-0.39, 0.29) is 23.9 Å². The van der Waals surface area contributed by atoms with Crippen LogP contribution in [0.3, 0.4) is 0 Å². The Labute approximate surface area is 185 Å². The Balaban J connectivity index is 1.32. The highest BCUT2D eigenvalue weighted by Gasteiger charge is 2.32. The lowest BCUT2D eigenvalue weighted by molar-refractivity contribution is -0.124. The van der Waals surface area contributed by atoms with Gasteiger partial charge in [0.15, 0.2) is 0 Å². The van der Waals surface area contributed by atoms with Crippen molar-refractivity contribution in [3.63, 3.8) is 0 Å². The number of hydrogen-bond donors (Lipinski definition) is 1. The van der Waals surface area contributed by atoms with Gasteiger partial charge in [0.2, 0.25) is 5.91 Å². The van der Waals surface area contributed by atoms with Crippen molar-refractivity contribution in [2.75, 3.05) is 18.0 Å². The summed E-state index contributed by atoms with van der Waals surface area (Å²) >= 11 is 0. The fraction of sp³-hybridized carbons (Fsp3) is 0.435. The molecule has 0 bridgehead atoms. The van der Waals surface area contributed by atoms with Gasteiger partial charge in [0, 0.05) is 48.2 Å². The van der Waals surface area contributed by atoms with Crippen molar-refractivity contribution in [3.8, 4) is 11.3 Å². The molecule has 0 aromatic carbocycles. The average Bonchev–Trinajstić information content (AvgIpc) is 3.32. The van der Waals surface area contributed by atoms with Crippen molar-refractivity contribution in [2.24, 2.45) is 5.92 Å². The predicted molar refractivity (Wildman–Crippen MR) is 118 cm³/mol. The van der Waals surface area contributed by atoms with E-state index in [1.165, 1.54) is 4.68 Å². The number of carbonyl (C=O) groups excluding carboxylic acids is 1. The summed E-state index contributed by atoms with van der Waals surface area (Å²) < 4.78 is 6.80. The van der Waals surface area contributed by atoms with Crippen molar-refractivity contribution in [1.29, 1.82) is 0 Å². The van der Waals surface area contributed by atoms with Gasteiger partial charge in [-0.15, -0.1) is 0 Å². The van der Waals surface area contributed by atoms with Gasteiger partial charge < -0.3 is 14.7 Å². The largest absolute Gasteiger partial charge is 0.369 e. The standard InChI is InChI=1S/C23H26N6O3/c1-14-3-4-16(10-24-14)22-20(15(2)32-27-22)13-29-21(30)9-19(11-25-29)28-8-7-17(12-28)23(31)26-18-5-6-18/h3-4,9-11,17-18H,5-8,12-13H2,1-2H3,(H,26,31)/t17-/m0/s1. The second kappa shape index (κ2) is 8.22. The van der Waals surface area contributed by atoms with E-state index in [4.69, 9.17) is 4.52 Å². The minimum Gasteiger partial charge on any atom is -0.369 e. The van der Waals surface area contributed by atoms with Gasteiger partial charge in [-0.3, -0.25) is 14.6 Å². The van der Waals surface area contributed by atoms with Crippen molar-refractivity contribution in [1.82, 2.24) is 25.2 Å². The molecule has 3 aromatic heterocycles. The molecule has 1 amide bonds. The molecule has 1 aliphatic heterocycles. The van der Waals surface area contributed by atoms with Crippen molar-refractivity contribution in [3.05, 3.63) is 58.0 Å². The molecule has 1 saturated carbocycles. The number of aryl methyl sites for hydroxylation is 2. The molecular formula is C23H26N6O3. The molecule has 0 radical (unpaired) electrons. The van der Waals surface area contributed by atoms with Crippen LogP contribution in [0.15, 0.2) is 39.9 Å². The zero-order valence-electron chi connectivity index (χ0n) is 18.2. The number of pyridine rings is 1. The lowest BCUT2D eigenvalue weighted by Gasteiger charge is -2.18. The van der Waals surface area contributed by atoms with Crippen LogP contribution in [0.25, 0.3) is 11.3 Å². The first kappa shape index (κ1) is 20.4. The van der Waals surface area contributed by atoms with Crippen LogP contribution in [0.1, 0.15) is 36.3 Å². The molecule has 32 heavy (non-hydrogen) atoms. The Morgan fingerprint density at radius 1 is 1.22 bits per heavy atom. The van der Waals surface area contributed by atoms with Gasteiger partial charge in [0.05, 0.1) is 24.3 Å². The van der Waals surface area contributed by atoms with E-state index in [0.717, 1.165) is 48.3 Å². The Kier molecular flexibility index (Phi) is 5.24. The summed E-state index contributed by atoms with van der Waals surface area (Å²) in [6.07, 6.45) is 6.39. The molecule has 3 aromatic rings. The van der Waals surface area contributed by atoms with Gasteiger partial charge in [-0.1, -0.05) is 5.16 Å². The Morgan fingerprint density at radius 3 is 2.78 bits per heavy atom. The van der Waals surface area contributed by atoms with Gasteiger partial charge >= 0.3 is 0 Å². The second-order valence-electron chi connectivity index (χ2n) is 8.68. The minimum absolute atomic E-state index is 0.0386. The number of carbonyl (C=O) groups is 1. The van der Waals surface area contributed by atoms with E-state index in [0.29, 0.717) is 24.0 Å². The summed E-state index contributed by atoms with van der Waals surface area (Å²) in [5, 5.41) is 11.6. The van der Waals surface area contributed by atoms with Crippen LogP contribution >= 0.6 is 0 Å². The lowest BCUT2D eigenvalue weighted by Crippen LogP contribution is -2.34. The fourth-order valence-corrected chi connectivity index (χ4v) is 4.03. The van der Waals surface area contributed by atoms with E-state index in [1.54, 1.807) is 18.5 Å². The molecule has 5 rings (SSSR count). The molecule has 1 N–H and O–H groups in total. The first-order chi connectivity index (χ1) is 15.5. The number of aromatic nitrogens is 4. The fourth-order valence-electron chi connectivity index (χ4n) is 4.03. The second-order valence-corrected chi connectivity index (χ2v) is 8.68. The molecule has 166 valence electrons. The highest BCUT2D eigenvalue weighted by atomic mass is 16.5. The molecule has 1 atom stereocenters. The van der Waals surface area contributed by atoms with Gasteiger partial charge in [-0.25, -0.2) is 4.68 Å². The van der Waals surface area contributed by atoms with E-state index in [2.05, 4.69) is 25.5 Å². The molecule has 9 nitrogen and oxygen atoms in total. The molecule has 9 heteroatoms. The van der Waals surface area contributed by atoms with Gasteiger partial charge in [-0.05, 0) is 45.2 Å². The van der Waals surface area contributed by atoms with Crippen molar-refractivity contribution >= 4 is 11.6 Å². The maximum atomic E-state index is 12.8. The lowest BCUT2D eigenvalue weighted by atomic mass is 10.1. The van der Waals surface area contributed by atoms with Gasteiger partial charge in [0.25, 0.3) is 5.56 Å². The number of hydrogen-bond acceptors (Lipinski definition) is 7. The summed E-state index contributed by atoms with van der Waals surface area (Å²) in [5.41, 5.74) is 3.76. The molecule has 4 heterocycles. The SMILES string of the molecule is Cc1ccc(-c2noc(C)c2Cn2ncc(N3CC[C@H](C(=O)NC4CC4)C3)cc2=O)cn1. The molecular weight excluding hydrogens is 408 g/mol. The Bertz CT molecular complexity index is 1200. The normalized spacial score (nSPS) is 18.2. The summed E-state index contributed by atoms with van der Waals surface area (Å²) in [4.78, 5) is 31.5. The molecule has 1 saturated heterocycles. The zero-order chi connectivity index (χ0) is 22.2. The third-order valence-electron chi connectivity index (χ3n) is 6.18. The highest BCUT2D eigenvalue weighted by molar-refractivity contribution is 5.80. The Morgan fingerprint density at radius 2 is 2.06 bits per heavy atom. The topological polar surface area (TPSA) is 106 Å². The minimum atomic E-state index is -0.207. The van der Waals surface area contributed by atoms with E-state index < -0.39 is 0 Å². The first-order valence-corrected chi connectivity index (χ1v) is 11.0. The third-order valence-corrected chi connectivity index (χ3v) is 6.18. The van der Waals surface area contributed by atoms with Crippen molar-refractivity contribution in [2.45, 2.75) is 45.7 Å². The highest BCUT2D eigenvalue weighted by Crippen LogP contribution is 2.27. The maximum absolute atomic E-state index is 12.8. The number of nitrogens with one attached hydrogen (secondary N) is 1. The Hall–Kier alpha value is -3.49. The summed E-state index contributed by atoms with van der Waals surface area (Å²) in [6, 6.07) is 5.80. The monoisotopic (exact) mass is 434 g/mol. The van der Waals surface area contributed by atoms with Crippen LogP contribution in [0, 0.1) is 19.8 Å². The zero-order valence-corrected chi connectivity index (χ0v) is 18.2.